The van der Waals surface area contributed by atoms with Gasteiger partial charge in [-0.15, -0.1) is 0 Å². The molecular weight excluding hydrogens is 438 g/mol. The molecule has 0 saturated carbocycles. The smallest absolute Gasteiger partial charge is 0.324 e. The normalized spacial score (nSPS) is 20.8. The van der Waals surface area contributed by atoms with Gasteiger partial charge in [0.05, 0.1) is 4.90 Å². The third kappa shape index (κ3) is 5.04. The number of amidine groups is 1. The van der Waals surface area contributed by atoms with E-state index in [1.165, 1.54) is 0 Å². The zero-order valence-electron chi connectivity index (χ0n) is 18.9. The Morgan fingerprint density at radius 2 is 1.76 bits per heavy atom. The summed E-state index contributed by atoms with van der Waals surface area (Å²) in [5.74, 6) is 0.525. The third-order valence-electron chi connectivity index (χ3n) is 6.43. The molecule has 2 aromatic carbocycles. The summed E-state index contributed by atoms with van der Waals surface area (Å²) in [7, 11) is -3.48. The van der Waals surface area contributed by atoms with Crippen molar-refractivity contribution in [2.75, 3.05) is 37.6 Å². The average molecular weight is 470 g/mol. The van der Waals surface area contributed by atoms with Crippen LogP contribution in [0.15, 0.2) is 59.5 Å². The van der Waals surface area contributed by atoms with Crippen LogP contribution < -0.4 is 10.6 Å². The lowest BCUT2D eigenvalue weighted by Crippen LogP contribution is -2.55. The molecule has 0 radical (unpaired) electrons. The number of anilines is 1. The molecule has 3 N–H and O–H groups in total. The van der Waals surface area contributed by atoms with Crippen molar-refractivity contribution in [2.45, 2.75) is 24.7 Å². The minimum atomic E-state index is -3.48. The Balaban J connectivity index is 1.41. The van der Waals surface area contributed by atoms with Gasteiger partial charge >= 0.3 is 6.03 Å². The highest BCUT2D eigenvalue weighted by molar-refractivity contribution is 7.89. The van der Waals surface area contributed by atoms with Gasteiger partial charge in [-0.3, -0.25) is 10.3 Å². The minimum Gasteiger partial charge on any atom is -0.384 e. The average Bonchev–Trinajstić information content (AvgIpc) is 2.82. The zero-order valence-corrected chi connectivity index (χ0v) is 19.7. The van der Waals surface area contributed by atoms with Crippen LogP contribution in [0.4, 0.5) is 10.5 Å². The van der Waals surface area contributed by atoms with Gasteiger partial charge < -0.3 is 10.6 Å². The molecule has 0 aliphatic carbocycles. The predicted molar refractivity (Wildman–Crippen MR) is 129 cm³/mol. The summed E-state index contributed by atoms with van der Waals surface area (Å²) in [6.45, 7) is 4.96. The van der Waals surface area contributed by atoms with Crippen LogP contribution >= 0.6 is 0 Å². The van der Waals surface area contributed by atoms with Crippen LogP contribution in [0.25, 0.3) is 0 Å². The van der Waals surface area contributed by atoms with Crippen molar-refractivity contribution in [3.63, 3.8) is 0 Å². The summed E-state index contributed by atoms with van der Waals surface area (Å²) in [6, 6.07) is 15.7. The fourth-order valence-electron chi connectivity index (χ4n) is 4.67. The van der Waals surface area contributed by atoms with Gasteiger partial charge in [0.25, 0.3) is 0 Å². The number of benzene rings is 2. The van der Waals surface area contributed by atoms with Crippen molar-refractivity contribution >= 4 is 27.6 Å². The Labute approximate surface area is 195 Å². The van der Waals surface area contributed by atoms with E-state index in [1.807, 2.05) is 23.1 Å². The lowest BCUT2D eigenvalue weighted by atomic mass is 9.96. The Bertz CT molecular complexity index is 1110. The largest absolute Gasteiger partial charge is 0.384 e. The monoisotopic (exact) mass is 469 g/mol. The van der Waals surface area contributed by atoms with E-state index in [-0.39, 0.29) is 17.8 Å². The number of piperidine rings is 1. The van der Waals surface area contributed by atoms with Crippen LogP contribution in [0.1, 0.15) is 25.3 Å². The maximum Gasteiger partial charge on any atom is 0.324 e. The first-order chi connectivity index (χ1) is 15.8. The molecule has 1 atom stereocenters. The molecule has 0 bridgehead atoms. The molecule has 2 saturated heterocycles. The van der Waals surface area contributed by atoms with E-state index in [2.05, 4.69) is 6.92 Å². The summed E-state index contributed by atoms with van der Waals surface area (Å²) in [4.78, 5) is 17.3. The number of sulfonamides is 1. The van der Waals surface area contributed by atoms with Gasteiger partial charge in [-0.2, -0.15) is 4.31 Å². The van der Waals surface area contributed by atoms with Crippen molar-refractivity contribution in [1.29, 1.82) is 5.41 Å². The number of hydrogen-bond acceptors (Lipinski definition) is 4. The summed E-state index contributed by atoms with van der Waals surface area (Å²) in [5, 5.41) is 7.68. The van der Waals surface area contributed by atoms with E-state index in [9.17, 15) is 13.2 Å². The van der Waals surface area contributed by atoms with Gasteiger partial charge in [0.2, 0.25) is 10.0 Å². The van der Waals surface area contributed by atoms with Crippen molar-refractivity contribution in [3.05, 3.63) is 60.2 Å². The zero-order chi connectivity index (χ0) is 23.6. The van der Waals surface area contributed by atoms with E-state index >= 15 is 0 Å². The first-order valence-electron chi connectivity index (χ1n) is 11.3. The molecule has 176 valence electrons. The van der Waals surface area contributed by atoms with Crippen molar-refractivity contribution in [2.24, 2.45) is 17.6 Å². The highest BCUT2D eigenvalue weighted by Crippen LogP contribution is 2.28. The fourth-order valence-corrected chi connectivity index (χ4v) is 6.16. The highest BCUT2D eigenvalue weighted by atomic mass is 32.2. The molecule has 2 aliphatic heterocycles. The number of amides is 2. The predicted octanol–water partition coefficient (Wildman–Crippen LogP) is 2.95. The molecule has 2 amide bonds. The molecule has 33 heavy (non-hydrogen) atoms. The number of nitrogens with zero attached hydrogens (tertiary/aromatic N) is 3. The standard InChI is InChI=1S/C24H31N5O3S/c1-18-15-27(24(30)29(16-18)21-7-5-6-20(14-21)23(25)26)17-19-10-12-28(13-11-19)33(31,32)22-8-3-2-4-9-22/h2-9,14,18-19H,10-13,15-17H2,1H3,(H3,25,26). The number of nitrogens with two attached hydrogens (primary N) is 1. The van der Waals surface area contributed by atoms with Gasteiger partial charge in [-0.25, -0.2) is 13.2 Å². The van der Waals surface area contributed by atoms with Crippen LogP contribution in [0.2, 0.25) is 0 Å². The molecule has 0 aromatic heterocycles. The van der Waals surface area contributed by atoms with Gasteiger partial charge in [0.1, 0.15) is 5.84 Å². The number of carbonyl (C=O) groups is 1. The van der Waals surface area contributed by atoms with Crippen LogP contribution in [0.3, 0.4) is 0 Å². The Morgan fingerprint density at radius 3 is 2.42 bits per heavy atom. The molecule has 2 heterocycles. The van der Waals surface area contributed by atoms with Gasteiger partial charge in [-0.05, 0) is 48.9 Å². The summed E-state index contributed by atoms with van der Waals surface area (Å²) >= 11 is 0. The number of nitrogens with one attached hydrogen (secondary N) is 1. The van der Waals surface area contributed by atoms with Gasteiger partial charge in [-0.1, -0.05) is 37.3 Å². The Hall–Kier alpha value is -2.91. The lowest BCUT2D eigenvalue weighted by molar-refractivity contribution is 0.154. The SMILES string of the molecule is CC1CN(CC2CCN(S(=O)(=O)c3ccccc3)CC2)C(=O)N(c2cccc(C(=N)N)c2)C1. The van der Waals surface area contributed by atoms with E-state index in [0.717, 1.165) is 18.5 Å². The lowest BCUT2D eigenvalue weighted by Gasteiger charge is -2.41. The first kappa shape index (κ1) is 23.3. The minimum absolute atomic E-state index is 0.0246. The van der Waals surface area contributed by atoms with Gasteiger partial charge in [0.15, 0.2) is 0 Å². The maximum atomic E-state index is 13.3. The molecular formula is C24H31N5O3S. The quantitative estimate of drug-likeness (QED) is 0.500. The van der Waals surface area contributed by atoms with Crippen molar-refractivity contribution < 1.29 is 13.2 Å². The van der Waals surface area contributed by atoms with Crippen LogP contribution in [-0.2, 0) is 10.0 Å². The number of carbonyl (C=O) groups excluding carboxylic acids is 1. The topological polar surface area (TPSA) is 111 Å². The molecule has 2 fully saturated rings. The van der Waals surface area contributed by atoms with Crippen LogP contribution in [0.5, 0.6) is 0 Å². The summed E-state index contributed by atoms with van der Waals surface area (Å²) in [5.41, 5.74) is 6.96. The Kier molecular flexibility index (Phi) is 6.71. The molecule has 1 unspecified atom stereocenters. The number of urea groups is 1. The molecule has 8 nitrogen and oxygen atoms in total. The van der Waals surface area contributed by atoms with E-state index < -0.39 is 10.0 Å². The summed E-state index contributed by atoms with van der Waals surface area (Å²) < 4.78 is 27.3. The second-order valence-corrected chi connectivity index (χ2v) is 11.0. The van der Waals surface area contributed by atoms with E-state index in [4.69, 9.17) is 11.1 Å². The fraction of sp³-hybridized carbons (Fsp3) is 0.417. The van der Waals surface area contributed by atoms with E-state index in [0.29, 0.717) is 49.1 Å². The second kappa shape index (κ2) is 9.52. The molecule has 2 aliphatic rings. The van der Waals surface area contributed by atoms with Crippen molar-refractivity contribution in [3.8, 4) is 0 Å². The molecule has 9 heteroatoms. The molecule has 0 spiro atoms. The van der Waals surface area contributed by atoms with Crippen molar-refractivity contribution in [1.82, 2.24) is 9.21 Å². The number of hydrogen-bond donors (Lipinski definition) is 2. The number of rotatable bonds is 6. The first-order valence-corrected chi connectivity index (χ1v) is 12.8. The van der Waals surface area contributed by atoms with Gasteiger partial charge in [0, 0.05) is 44.0 Å². The highest BCUT2D eigenvalue weighted by Gasteiger charge is 2.35. The van der Waals surface area contributed by atoms with Crippen LogP contribution in [0, 0.1) is 17.2 Å². The molecule has 4 rings (SSSR count). The Morgan fingerprint density at radius 1 is 1.06 bits per heavy atom. The third-order valence-corrected chi connectivity index (χ3v) is 8.34. The maximum absolute atomic E-state index is 13.3. The second-order valence-electron chi connectivity index (χ2n) is 9.03. The van der Waals surface area contributed by atoms with Crippen LogP contribution in [-0.4, -0.2) is 62.2 Å². The molecule has 2 aromatic rings. The van der Waals surface area contributed by atoms with E-state index in [1.54, 1.807) is 45.6 Å². The summed E-state index contributed by atoms with van der Waals surface area (Å²) in [6.07, 6.45) is 1.45. The number of nitrogen functional groups attached to an aromatic ring is 1.